The predicted molar refractivity (Wildman–Crippen MR) is 76.7 cm³/mol. The molecule has 108 valence electrons. The summed E-state index contributed by atoms with van der Waals surface area (Å²) < 4.78 is 31.9. The lowest BCUT2D eigenvalue weighted by Gasteiger charge is -2.13. The number of hydrogen-bond donors (Lipinski definition) is 0. The molecule has 0 radical (unpaired) electrons. The maximum Gasteiger partial charge on any atom is 0.269 e. The number of ether oxygens (including phenoxy) is 1. The highest BCUT2D eigenvalue weighted by Gasteiger charge is 2.23. The second-order valence-corrected chi connectivity index (χ2v) is 6.37. The van der Waals surface area contributed by atoms with Gasteiger partial charge in [-0.25, -0.2) is 17.4 Å². The highest BCUT2D eigenvalue weighted by atomic mass is 32.2. The Morgan fingerprint density at radius 1 is 1.25 bits per heavy atom. The zero-order valence-corrected chi connectivity index (χ0v) is 12.9. The average molecular weight is 294 g/mol. The van der Waals surface area contributed by atoms with E-state index in [0.717, 1.165) is 5.56 Å². The highest BCUT2D eigenvalue weighted by molar-refractivity contribution is 7.90. The topological polar surface area (TPSA) is 61.2 Å². The smallest absolute Gasteiger partial charge is 0.269 e. The van der Waals surface area contributed by atoms with Gasteiger partial charge >= 0.3 is 0 Å². The molecule has 5 nitrogen and oxygen atoms in total. The average Bonchev–Trinajstić information content (AvgIpc) is 2.87. The van der Waals surface area contributed by atoms with Gasteiger partial charge in [0.25, 0.3) is 10.0 Å². The Labute approximate surface area is 119 Å². The molecule has 0 amide bonds. The Kier molecular flexibility index (Phi) is 3.85. The van der Waals surface area contributed by atoms with E-state index < -0.39 is 10.0 Å². The normalized spacial score (nSPS) is 11.6. The summed E-state index contributed by atoms with van der Waals surface area (Å²) in [6, 6.07) is 3.38. The van der Waals surface area contributed by atoms with Crippen molar-refractivity contribution in [2.75, 3.05) is 7.11 Å². The van der Waals surface area contributed by atoms with Gasteiger partial charge in [0.15, 0.2) is 0 Å². The summed E-state index contributed by atoms with van der Waals surface area (Å²) in [5, 5.41) is 0. The second-order valence-electron chi connectivity index (χ2n) is 4.59. The first-order valence-electron chi connectivity index (χ1n) is 6.34. The minimum absolute atomic E-state index is 0.243. The molecule has 6 heteroatoms. The maximum atomic E-state index is 12.7. The molecule has 0 bridgehead atoms. The van der Waals surface area contributed by atoms with E-state index in [2.05, 4.69) is 4.98 Å². The van der Waals surface area contributed by atoms with Crippen LogP contribution >= 0.6 is 0 Å². The van der Waals surface area contributed by atoms with Crippen molar-refractivity contribution in [2.45, 2.75) is 32.1 Å². The van der Waals surface area contributed by atoms with E-state index in [0.29, 0.717) is 23.6 Å². The van der Waals surface area contributed by atoms with Crippen molar-refractivity contribution in [3.63, 3.8) is 0 Å². The van der Waals surface area contributed by atoms with Crippen molar-refractivity contribution >= 4 is 10.0 Å². The molecule has 2 aromatic rings. The van der Waals surface area contributed by atoms with Gasteiger partial charge in [-0.2, -0.15) is 0 Å². The molecule has 2 rings (SSSR count). The van der Waals surface area contributed by atoms with Crippen molar-refractivity contribution < 1.29 is 13.2 Å². The number of hydrogen-bond acceptors (Lipinski definition) is 4. The zero-order valence-electron chi connectivity index (χ0n) is 12.0. The Morgan fingerprint density at radius 2 is 1.95 bits per heavy atom. The first kappa shape index (κ1) is 14.6. The van der Waals surface area contributed by atoms with E-state index in [1.807, 2.05) is 19.9 Å². The summed E-state index contributed by atoms with van der Waals surface area (Å²) in [5.41, 5.74) is 1.60. The molecule has 0 spiro atoms. The van der Waals surface area contributed by atoms with Crippen LogP contribution in [0.25, 0.3) is 0 Å². The maximum absolute atomic E-state index is 12.7. The standard InChI is InChI=1S/C14H18N2O3S/c1-5-14-15-6-7-16(14)20(17,18)13-9-12(19-4)10(2)8-11(13)3/h6-9H,5H2,1-4H3. The Morgan fingerprint density at radius 3 is 2.55 bits per heavy atom. The fraction of sp³-hybridized carbons (Fsp3) is 0.357. The summed E-state index contributed by atoms with van der Waals surface area (Å²) in [6.45, 7) is 5.54. The van der Waals surface area contributed by atoms with Crippen molar-refractivity contribution in [1.82, 2.24) is 8.96 Å². The van der Waals surface area contributed by atoms with Crippen LogP contribution in [0.1, 0.15) is 23.9 Å². The fourth-order valence-electron chi connectivity index (χ4n) is 2.21. The van der Waals surface area contributed by atoms with Gasteiger partial charge in [-0.3, -0.25) is 0 Å². The van der Waals surface area contributed by atoms with Crippen LogP contribution in [0.15, 0.2) is 29.4 Å². The summed E-state index contributed by atoms with van der Waals surface area (Å²) in [5.74, 6) is 1.08. The third kappa shape index (κ3) is 2.31. The van der Waals surface area contributed by atoms with Gasteiger partial charge in [-0.1, -0.05) is 13.0 Å². The van der Waals surface area contributed by atoms with Crippen LogP contribution in [0.4, 0.5) is 0 Å². The van der Waals surface area contributed by atoms with E-state index in [1.54, 1.807) is 13.0 Å². The van der Waals surface area contributed by atoms with Crippen molar-refractivity contribution in [3.05, 3.63) is 41.5 Å². The third-order valence-electron chi connectivity index (χ3n) is 3.23. The second kappa shape index (κ2) is 5.28. The minimum atomic E-state index is -3.64. The lowest BCUT2D eigenvalue weighted by molar-refractivity contribution is 0.410. The van der Waals surface area contributed by atoms with Crippen molar-refractivity contribution in [3.8, 4) is 5.75 Å². The van der Waals surface area contributed by atoms with E-state index >= 15 is 0 Å². The molecule has 0 N–H and O–H groups in total. The lowest BCUT2D eigenvalue weighted by Crippen LogP contribution is -2.16. The molecule has 0 atom stereocenters. The van der Waals surface area contributed by atoms with Crippen LogP contribution in [-0.4, -0.2) is 24.5 Å². The number of methoxy groups -OCH3 is 1. The molecule has 1 aromatic carbocycles. The van der Waals surface area contributed by atoms with E-state index in [4.69, 9.17) is 4.74 Å². The number of aryl methyl sites for hydroxylation is 3. The van der Waals surface area contributed by atoms with Crippen LogP contribution in [0, 0.1) is 13.8 Å². The van der Waals surface area contributed by atoms with E-state index in [-0.39, 0.29) is 4.90 Å². The molecule has 1 aromatic heterocycles. The van der Waals surface area contributed by atoms with Gasteiger partial charge in [0.2, 0.25) is 0 Å². The molecule has 0 aliphatic rings. The summed E-state index contributed by atoms with van der Waals surface area (Å²) in [4.78, 5) is 4.31. The number of aromatic nitrogens is 2. The number of rotatable bonds is 4. The zero-order chi connectivity index (χ0) is 14.9. The molecule has 0 unspecified atom stereocenters. The molecule has 0 aliphatic heterocycles. The first-order chi connectivity index (χ1) is 9.41. The van der Waals surface area contributed by atoms with Gasteiger partial charge < -0.3 is 4.74 Å². The first-order valence-corrected chi connectivity index (χ1v) is 7.78. The highest BCUT2D eigenvalue weighted by Crippen LogP contribution is 2.27. The molecule has 0 saturated heterocycles. The number of nitrogens with zero attached hydrogens (tertiary/aromatic N) is 2. The number of benzene rings is 1. The molecule has 0 saturated carbocycles. The van der Waals surface area contributed by atoms with Gasteiger partial charge in [0.05, 0.1) is 12.0 Å². The molecule has 1 heterocycles. The van der Waals surface area contributed by atoms with Crippen molar-refractivity contribution in [2.24, 2.45) is 0 Å². The van der Waals surface area contributed by atoms with Gasteiger partial charge in [-0.15, -0.1) is 0 Å². The SMILES string of the molecule is CCc1nccn1S(=O)(=O)c1cc(OC)c(C)cc1C. The van der Waals surface area contributed by atoms with Crippen LogP contribution in [-0.2, 0) is 16.4 Å². The summed E-state index contributed by atoms with van der Waals surface area (Å²) in [6.07, 6.45) is 3.52. The minimum Gasteiger partial charge on any atom is -0.496 e. The van der Waals surface area contributed by atoms with Gasteiger partial charge in [0, 0.05) is 24.9 Å². The van der Waals surface area contributed by atoms with Crippen LogP contribution in [0.3, 0.4) is 0 Å². The largest absolute Gasteiger partial charge is 0.496 e. The van der Waals surface area contributed by atoms with Gasteiger partial charge in [-0.05, 0) is 25.0 Å². The molecule has 0 aliphatic carbocycles. The lowest BCUT2D eigenvalue weighted by atomic mass is 10.1. The van der Waals surface area contributed by atoms with E-state index in [1.165, 1.54) is 23.5 Å². The Balaban J connectivity index is 2.66. The van der Waals surface area contributed by atoms with Crippen molar-refractivity contribution in [1.29, 1.82) is 0 Å². The fourth-order valence-corrected chi connectivity index (χ4v) is 3.81. The third-order valence-corrected chi connectivity index (χ3v) is 5.07. The number of imidazole rings is 1. The monoisotopic (exact) mass is 294 g/mol. The van der Waals surface area contributed by atoms with Gasteiger partial charge in [0.1, 0.15) is 11.6 Å². The molecule has 20 heavy (non-hydrogen) atoms. The van der Waals surface area contributed by atoms with Crippen LogP contribution in [0.2, 0.25) is 0 Å². The molecular formula is C14H18N2O3S. The predicted octanol–water partition coefficient (Wildman–Crippen LogP) is 2.31. The van der Waals surface area contributed by atoms with Crippen LogP contribution < -0.4 is 4.74 Å². The molecular weight excluding hydrogens is 276 g/mol. The van der Waals surface area contributed by atoms with Crippen LogP contribution in [0.5, 0.6) is 5.75 Å². The summed E-state index contributed by atoms with van der Waals surface area (Å²) >= 11 is 0. The Bertz CT molecular complexity index is 733. The quantitative estimate of drug-likeness (QED) is 0.868. The van der Waals surface area contributed by atoms with E-state index in [9.17, 15) is 8.42 Å². The Hall–Kier alpha value is -1.82. The molecule has 0 fully saturated rings. The summed E-state index contributed by atoms with van der Waals surface area (Å²) in [7, 11) is -2.11.